The first kappa shape index (κ1) is 42.1. The van der Waals surface area contributed by atoms with Gasteiger partial charge in [0.15, 0.2) is 0 Å². The molecule has 0 amide bonds. The molecule has 0 aliphatic carbocycles. The monoisotopic (exact) mass is 727 g/mol. The Labute approximate surface area is 221 Å². The van der Waals surface area contributed by atoms with Gasteiger partial charge < -0.3 is 5.11 Å². The van der Waals surface area contributed by atoms with Crippen LogP contribution in [0.1, 0.15) is 6.42 Å². The molecule has 0 aromatic heterocycles. The van der Waals surface area contributed by atoms with E-state index in [9.17, 15) is 119 Å². The molecule has 0 fully saturated rings. The largest absolute Gasteiger partial charge is 0.457 e. The first-order valence-electron chi connectivity index (χ1n) is 9.53. The summed E-state index contributed by atoms with van der Waals surface area (Å²) in [7, 11) is 0. The second-order valence-corrected chi connectivity index (χ2v) is 8.39. The van der Waals surface area contributed by atoms with E-state index in [1.54, 1.807) is 0 Å². The Morgan fingerprint density at radius 2 is 0.568 bits per heavy atom. The number of halogens is 27. The van der Waals surface area contributed by atoms with Gasteiger partial charge >= 0.3 is 77.2 Å². The molecule has 1 nitrogen and oxygen atoms in total. The average molecular weight is 727 g/mol. The number of hydrogen-bond donors (Lipinski definition) is 1. The van der Waals surface area contributed by atoms with Crippen LogP contribution in [0, 0.1) is 6.92 Å². The van der Waals surface area contributed by atoms with E-state index in [4.69, 9.17) is 5.11 Å². The highest BCUT2D eigenvalue weighted by molar-refractivity contribution is 5.23. The van der Waals surface area contributed by atoms with Crippen LogP contribution >= 0.6 is 0 Å². The van der Waals surface area contributed by atoms with E-state index < -0.39 is 89.8 Å². The van der Waals surface area contributed by atoms with Crippen molar-refractivity contribution in [3.8, 4) is 0 Å². The molecule has 28 heteroatoms. The number of rotatable bonds is 12. The predicted octanol–water partition coefficient (Wildman–Crippen LogP) is 8.76. The van der Waals surface area contributed by atoms with Crippen LogP contribution in [-0.2, 0) is 0 Å². The second kappa shape index (κ2) is 10.3. The number of alkyl halides is 27. The van der Waals surface area contributed by atoms with Gasteiger partial charge in [0.05, 0.1) is 6.10 Å². The number of aliphatic hydroxyl groups is 1. The van der Waals surface area contributed by atoms with Gasteiger partial charge in [-0.05, 0) is 6.92 Å². The third-order valence-electron chi connectivity index (χ3n) is 5.32. The minimum absolute atomic E-state index is 1.97. The van der Waals surface area contributed by atoms with Crippen LogP contribution in [0.4, 0.5) is 119 Å². The summed E-state index contributed by atoms with van der Waals surface area (Å²) in [4.78, 5) is 0. The van der Waals surface area contributed by atoms with E-state index >= 15 is 0 Å². The maximum atomic E-state index is 13.8. The lowest BCUT2D eigenvalue weighted by molar-refractivity contribution is -0.489. The zero-order valence-electron chi connectivity index (χ0n) is 19.1. The molecule has 0 spiro atoms. The Kier molecular flexibility index (Phi) is 9.83. The summed E-state index contributed by atoms with van der Waals surface area (Å²) in [5, 5.41) is 8.40. The molecule has 0 heterocycles. The van der Waals surface area contributed by atoms with Crippen molar-refractivity contribution in [2.24, 2.45) is 0 Å². The van der Waals surface area contributed by atoms with Crippen molar-refractivity contribution in [3.63, 3.8) is 0 Å². The van der Waals surface area contributed by atoms with Crippen molar-refractivity contribution in [1.82, 2.24) is 0 Å². The van der Waals surface area contributed by atoms with Crippen molar-refractivity contribution in [1.29, 1.82) is 0 Å². The molecule has 0 aromatic rings. The highest BCUT2D eigenvalue weighted by Crippen LogP contribution is 2.69. The van der Waals surface area contributed by atoms with Gasteiger partial charge in [0, 0.05) is 6.42 Å². The first-order chi connectivity index (χ1) is 18.4. The molecule has 265 valence electrons. The molecule has 0 rings (SSSR count). The third kappa shape index (κ3) is 4.96. The molecule has 0 aliphatic rings. The molecule has 0 saturated heterocycles. The Bertz CT molecular complexity index is 1030. The zero-order chi connectivity index (χ0) is 36.8. The summed E-state index contributed by atoms with van der Waals surface area (Å²) in [6, 6.07) is 0. The fourth-order valence-corrected chi connectivity index (χ4v) is 2.80. The minimum Gasteiger partial charge on any atom is -0.393 e. The zero-order valence-corrected chi connectivity index (χ0v) is 19.1. The lowest BCUT2D eigenvalue weighted by Crippen LogP contribution is -2.81. The lowest BCUT2D eigenvalue weighted by atomic mass is 9.79. The van der Waals surface area contributed by atoms with E-state index in [1.165, 1.54) is 0 Å². The molecule has 1 N–H and O–H groups in total. The quantitative estimate of drug-likeness (QED) is 0.200. The van der Waals surface area contributed by atoms with Crippen LogP contribution in [-0.4, -0.2) is 88.5 Å². The fraction of sp³-hybridized carbons (Fsp3) is 0.938. The molecule has 2 unspecified atom stereocenters. The van der Waals surface area contributed by atoms with Crippen molar-refractivity contribution in [2.75, 3.05) is 0 Å². The van der Waals surface area contributed by atoms with E-state index in [1.807, 2.05) is 6.92 Å². The molecule has 2 atom stereocenters. The van der Waals surface area contributed by atoms with Crippen LogP contribution in [0.5, 0.6) is 0 Å². The summed E-state index contributed by atoms with van der Waals surface area (Å²) < 4.78 is 360. The Morgan fingerprint density at radius 1 is 0.341 bits per heavy atom. The van der Waals surface area contributed by atoms with Crippen molar-refractivity contribution in [2.45, 2.75) is 89.8 Å². The van der Waals surface area contributed by atoms with E-state index in [-0.39, 0.29) is 0 Å². The lowest BCUT2D eigenvalue weighted by Gasteiger charge is -2.47. The molecule has 44 heavy (non-hydrogen) atoms. The maximum Gasteiger partial charge on any atom is 0.457 e. The average Bonchev–Trinajstić information content (AvgIpc) is 2.74. The van der Waals surface area contributed by atoms with E-state index in [0.717, 1.165) is 0 Å². The van der Waals surface area contributed by atoms with Gasteiger partial charge in [0.1, 0.15) is 0 Å². The standard InChI is InChI=1S/C16H6F27O/c1-3(44)2-4(17,18)6(20,21)9(26,27)11(30,31)13(34,35)14(36,37)12(32,33)10(28,29)7(22,23)5(19,15(38,39)40)8(24,25)16(41,42)43/h3,44H,1-2H2. The molecular weight excluding hydrogens is 721 g/mol. The van der Waals surface area contributed by atoms with Gasteiger partial charge in [0.25, 0.3) is 0 Å². The summed E-state index contributed by atoms with van der Waals surface area (Å²) in [6.07, 6.45) is -24.2. The third-order valence-corrected chi connectivity index (χ3v) is 5.32. The normalized spacial score (nSPS) is 18.8. The molecule has 0 saturated carbocycles. The molecule has 0 aromatic carbocycles. The van der Waals surface area contributed by atoms with Crippen LogP contribution in [0.3, 0.4) is 0 Å². The van der Waals surface area contributed by atoms with Gasteiger partial charge in [-0.1, -0.05) is 0 Å². The number of hydrogen-bond acceptors (Lipinski definition) is 1. The smallest absolute Gasteiger partial charge is 0.393 e. The summed E-state index contributed by atoms with van der Waals surface area (Å²) in [6.45, 7) is 1.97. The number of aliphatic hydroxyl groups excluding tert-OH is 1. The highest BCUT2D eigenvalue weighted by atomic mass is 19.4. The predicted molar refractivity (Wildman–Crippen MR) is 81.4 cm³/mol. The van der Waals surface area contributed by atoms with Crippen molar-refractivity contribution in [3.05, 3.63) is 6.92 Å². The van der Waals surface area contributed by atoms with Crippen LogP contribution in [0.25, 0.3) is 0 Å². The van der Waals surface area contributed by atoms with Gasteiger partial charge in [-0.3, -0.25) is 0 Å². The molecule has 1 radical (unpaired) electrons. The van der Waals surface area contributed by atoms with Crippen molar-refractivity contribution < 1.29 is 124 Å². The summed E-state index contributed by atoms with van der Waals surface area (Å²) >= 11 is 0. The maximum absolute atomic E-state index is 13.8. The first-order valence-corrected chi connectivity index (χ1v) is 9.53. The van der Waals surface area contributed by atoms with Gasteiger partial charge in [0.2, 0.25) is 0 Å². The topological polar surface area (TPSA) is 20.2 Å². The van der Waals surface area contributed by atoms with E-state index in [2.05, 4.69) is 0 Å². The van der Waals surface area contributed by atoms with Crippen LogP contribution < -0.4 is 0 Å². The minimum atomic E-state index is -9.93. The van der Waals surface area contributed by atoms with Gasteiger partial charge in [-0.25, -0.2) is 4.39 Å². The molecular formula is C16H6F27O. The SMILES string of the molecule is [CH2]C(O)CC(F)(F)C(F)(F)C(F)(F)C(F)(F)C(F)(F)C(F)(F)C(F)(F)C(F)(F)C(F)(F)C(F)(C(F)(F)F)C(F)(F)C(F)(F)F. The summed E-state index contributed by atoms with van der Waals surface area (Å²) in [5.74, 6) is -92.2. The fourth-order valence-electron chi connectivity index (χ4n) is 2.80. The van der Waals surface area contributed by atoms with Crippen LogP contribution in [0.2, 0.25) is 0 Å². The highest BCUT2D eigenvalue weighted by Gasteiger charge is 3.01. The Morgan fingerprint density at radius 3 is 0.773 bits per heavy atom. The Balaban J connectivity index is 7.66. The second-order valence-electron chi connectivity index (χ2n) is 8.39. The van der Waals surface area contributed by atoms with Gasteiger partial charge in [-0.2, -0.15) is 114 Å². The Hall–Kier alpha value is -1.93. The van der Waals surface area contributed by atoms with E-state index in [0.29, 0.717) is 0 Å². The van der Waals surface area contributed by atoms with Crippen LogP contribution in [0.15, 0.2) is 0 Å². The summed E-state index contributed by atoms with van der Waals surface area (Å²) in [5.41, 5.74) is -9.65. The molecule has 0 aliphatic heterocycles. The van der Waals surface area contributed by atoms with Gasteiger partial charge in [-0.15, -0.1) is 0 Å². The van der Waals surface area contributed by atoms with Crippen molar-refractivity contribution >= 4 is 0 Å². The molecule has 0 bridgehead atoms.